The van der Waals surface area contributed by atoms with Gasteiger partial charge in [0.2, 0.25) is 0 Å². The Morgan fingerprint density at radius 1 is 1.47 bits per heavy atom. The Kier molecular flexibility index (Phi) is 2.44. The number of nitrogens with zero attached hydrogens (tertiary/aromatic N) is 2. The number of imidazole rings is 1. The van der Waals surface area contributed by atoms with Crippen molar-refractivity contribution in [1.82, 2.24) is 9.55 Å². The van der Waals surface area contributed by atoms with Crippen molar-refractivity contribution in [3.8, 4) is 0 Å². The molecule has 0 radical (unpaired) electrons. The topological polar surface area (TPSA) is 43.8 Å². The highest BCUT2D eigenvalue weighted by atomic mass is 15.1. The first-order valence-electron chi connectivity index (χ1n) is 6.39. The third-order valence-electron chi connectivity index (χ3n) is 3.58. The Morgan fingerprint density at radius 3 is 2.88 bits per heavy atom. The van der Waals surface area contributed by atoms with E-state index in [1.54, 1.807) is 0 Å². The van der Waals surface area contributed by atoms with Gasteiger partial charge in [0.1, 0.15) is 5.82 Å². The maximum Gasteiger partial charge on any atom is 0.114 e. The Labute approximate surface area is 102 Å². The largest absolute Gasteiger partial charge is 0.330 e. The van der Waals surface area contributed by atoms with E-state index in [-0.39, 0.29) is 0 Å². The van der Waals surface area contributed by atoms with Crippen LogP contribution in [0, 0.1) is 6.92 Å². The van der Waals surface area contributed by atoms with Gasteiger partial charge in [-0.2, -0.15) is 0 Å². The molecule has 0 spiro atoms. The zero-order valence-electron chi connectivity index (χ0n) is 10.5. The van der Waals surface area contributed by atoms with Crippen molar-refractivity contribution in [3.63, 3.8) is 0 Å². The van der Waals surface area contributed by atoms with Crippen molar-refractivity contribution >= 4 is 11.0 Å². The molecule has 90 valence electrons. The van der Waals surface area contributed by atoms with Crippen LogP contribution in [0.3, 0.4) is 0 Å². The second-order valence-electron chi connectivity index (χ2n) is 5.20. The molecule has 1 aromatic heterocycles. The summed E-state index contributed by atoms with van der Waals surface area (Å²) >= 11 is 0. The molecule has 0 bridgehead atoms. The lowest BCUT2D eigenvalue weighted by molar-refractivity contribution is 0.629. The van der Waals surface area contributed by atoms with Crippen LogP contribution in [-0.2, 0) is 0 Å². The molecular weight excluding hydrogens is 210 g/mol. The third-order valence-corrected chi connectivity index (χ3v) is 3.58. The van der Waals surface area contributed by atoms with Crippen LogP contribution in [0.15, 0.2) is 18.2 Å². The van der Waals surface area contributed by atoms with Gasteiger partial charge < -0.3 is 10.3 Å². The fourth-order valence-corrected chi connectivity index (χ4v) is 2.40. The van der Waals surface area contributed by atoms with E-state index in [0.29, 0.717) is 18.5 Å². The van der Waals surface area contributed by atoms with E-state index < -0.39 is 0 Å². The summed E-state index contributed by atoms with van der Waals surface area (Å²) in [6.07, 6.45) is 2.56. The normalized spacial score (nSPS) is 17.6. The first-order chi connectivity index (χ1) is 8.20. The first-order valence-corrected chi connectivity index (χ1v) is 6.39. The van der Waals surface area contributed by atoms with E-state index in [1.807, 2.05) is 0 Å². The molecule has 1 saturated carbocycles. The summed E-state index contributed by atoms with van der Waals surface area (Å²) in [6.45, 7) is 4.93. The van der Waals surface area contributed by atoms with Crippen LogP contribution in [0.1, 0.15) is 43.1 Å². The summed E-state index contributed by atoms with van der Waals surface area (Å²) in [4.78, 5) is 4.79. The SMILES string of the molecule is Cc1ccc2c(c1)nc(C(C)CN)n2C1CC1. The van der Waals surface area contributed by atoms with Gasteiger partial charge in [-0.15, -0.1) is 0 Å². The van der Waals surface area contributed by atoms with Crippen molar-refractivity contribution in [2.75, 3.05) is 6.54 Å². The summed E-state index contributed by atoms with van der Waals surface area (Å²) < 4.78 is 2.41. The van der Waals surface area contributed by atoms with Crippen molar-refractivity contribution in [1.29, 1.82) is 0 Å². The third kappa shape index (κ3) is 1.75. The molecule has 1 unspecified atom stereocenters. The highest BCUT2D eigenvalue weighted by molar-refractivity contribution is 5.77. The average Bonchev–Trinajstić information content (AvgIpc) is 3.09. The minimum atomic E-state index is 0.336. The molecule has 2 aromatic rings. The fourth-order valence-electron chi connectivity index (χ4n) is 2.40. The van der Waals surface area contributed by atoms with Gasteiger partial charge in [-0.05, 0) is 37.5 Å². The van der Waals surface area contributed by atoms with Gasteiger partial charge in [0.25, 0.3) is 0 Å². The van der Waals surface area contributed by atoms with Gasteiger partial charge in [-0.1, -0.05) is 13.0 Å². The molecular formula is C14H19N3. The van der Waals surface area contributed by atoms with Crippen LogP contribution in [0.25, 0.3) is 11.0 Å². The lowest BCUT2D eigenvalue weighted by Gasteiger charge is -2.12. The van der Waals surface area contributed by atoms with Crippen LogP contribution in [0.2, 0.25) is 0 Å². The predicted octanol–water partition coefficient (Wildman–Crippen LogP) is 2.74. The van der Waals surface area contributed by atoms with Gasteiger partial charge in [0.15, 0.2) is 0 Å². The highest BCUT2D eigenvalue weighted by Crippen LogP contribution is 2.40. The summed E-state index contributed by atoms with van der Waals surface area (Å²) in [5.41, 5.74) is 9.45. The van der Waals surface area contributed by atoms with Gasteiger partial charge in [0, 0.05) is 18.5 Å². The minimum Gasteiger partial charge on any atom is -0.330 e. The molecule has 1 aliphatic carbocycles. The molecule has 1 atom stereocenters. The average molecular weight is 229 g/mol. The second kappa shape index (κ2) is 3.84. The van der Waals surface area contributed by atoms with E-state index in [0.717, 1.165) is 11.3 Å². The number of fused-ring (bicyclic) bond motifs is 1. The number of aromatic nitrogens is 2. The first kappa shape index (κ1) is 10.8. The molecule has 1 aliphatic rings. The molecule has 0 amide bonds. The fraction of sp³-hybridized carbons (Fsp3) is 0.500. The molecule has 2 N–H and O–H groups in total. The molecule has 0 saturated heterocycles. The molecule has 17 heavy (non-hydrogen) atoms. The zero-order chi connectivity index (χ0) is 12.0. The quantitative estimate of drug-likeness (QED) is 0.879. The lowest BCUT2D eigenvalue weighted by atomic mass is 10.1. The molecule has 3 nitrogen and oxygen atoms in total. The van der Waals surface area contributed by atoms with Crippen molar-refractivity contribution < 1.29 is 0 Å². The standard InChI is InChI=1S/C14H19N3/c1-9-3-6-13-12(7-9)16-14(10(2)8-15)17(13)11-4-5-11/h3,6-7,10-11H,4-5,8,15H2,1-2H3. The molecule has 0 aliphatic heterocycles. The Balaban J connectivity index is 2.22. The number of nitrogens with two attached hydrogens (primary N) is 1. The number of aryl methyl sites for hydroxylation is 1. The predicted molar refractivity (Wildman–Crippen MR) is 70.2 cm³/mol. The summed E-state index contributed by atoms with van der Waals surface area (Å²) in [7, 11) is 0. The van der Waals surface area contributed by atoms with Gasteiger partial charge in [0.05, 0.1) is 11.0 Å². The minimum absolute atomic E-state index is 0.336. The Bertz CT molecular complexity index is 552. The van der Waals surface area contributed by atoms with Crippen molar-refractivity contribution in [2.45, 2.75) is 38.6 Å². The smallest absolute Gasteiger partial charge is 0.114 e. The second-order valence-corrected chi connectivity index (χ2v) is 5.20. The molecule has 1 heterocycles. The Morgan fingerprint density at radius 2 is 2.24 bits per heavy atom. The summed E-state index contributed by atoms with van der Waals surface area (Å²) in [6, 6.07) is 7.19. The van der Waals surface area contributed by atoms with Crippen LogP contribution in [0.4, 0.5) is 0 Å². The van der Waals surface area contributed by atoms with E-state index in [2.05, 4.69) is 36.6 Å². The molecule has 1 fully saturated rings. The van der Waals surface area contributed by atoms with Gasteiger partial charge >= 0.3 is 0 Å². The number of benzene rings is 1. The zero-order valence-corrected chi connectivity index (χ0v) is 10.5. The monoisotopic (exact) mass is 229 g/mol. The van der Waals surface area contributed by atoms with Crippen LogP contribution < -0.4 is 5.73 Å². The van der Waals surface area contributed by atoms with E-state index in [9.17, 15) is 0 Å². The van der Waals surface area contributed by atoms with Gasteiger partial charge in [-0.3, -0.25) is 0 Å². The van der Waals surface area contributed by atoms with E-state index >= 15 is 0 Å². The number of hydrogen-bond donors (Lipinski definition) is 1. The Hall–Kier alpha value is -1.35. The maximum atomic E-state index is 5.79. The van der Waals surface area contributed by atoms with Crippen LogP contribution >= 0.6 is 0 Å². The number of hydrogen-bond acceptors (Lipinski definition) is 2. The summed E-state index contributed by atoms with van der Waals surface area (Å²) in [5, 5.41) is 0. The van der Waals surface area contributed by atoms with E-state index in [1.165, 1.54) is 23.9 Å². The highest BCUT2D eigenvalue weighted by Gasteiger charge is 2.29. The molecule has 3 heteroatoms. The van der Waals surface area contributed by atoms with Crippen molar-refractivity contribution in [2.24, 2.45) is 5.73 Å². The van der Waals surface area contributed by atoms with Crippen LogP contribution in [-0.4, -0.2) is 16.1 Å². The van der Waals surface area contributed by atoms with Crippen LogP contribution in [0.5, 0.6) is 0 Å². The summed E-state index contributed by atoms with van der Waals surface area (Å²) in [5.74, 6) is 1.50. The number of rotatable bonds is 3. The molecule has 1 aromatic carbocycles. The van der Waals surface area contributed by atoms with Gasteiger partial charge in [-0.25, -0.2) is 4.98 Å². The lowest BCUT2D eigenvalue weighted by Crippen LogP contribution is -2.14. The van der Waals surface area contributed by atoms with E-state index in [4.69, 9.17) is 10.7 Å². The van der Waals surface area contributed by atoms with Crippen molar-refractivity contribution in [3.05, 3.63) is 29.6 Å². The maximum absolute atomic E-state index is 5.79. The molecule has 3 rings (SSSR count).